The number of methoxy groups -OCH3 is 1. The van der Waals surface area contributed by atoms with Gasteiger partial charge in [-0.2, -0.15) is 4.98 Å². The zero-order valence-electron chi connectivity index (χ0n) is 21.7. The fraction of sp³-hybridized carbons (Fsp3) is 0.222. The minimum absolute atomic E-state index is 0.167. The van der Waals surface area contributed by atoms with E-state index in [0.29, 0.717) is 34.9 Å². The van der Waals surface area contributed by atoms with Gasteiger partial charge in [-0.3, -0.25) is 19.3 Å². The average Bonchev–Trinajstić information content (AvgIpc) is 3.17. The molecule has 0 saturated carbocycles. The third-order valence-corrected chi connectivity index (χ3v) is 5.96. The van der Waals surface area contributed by atoms with Crippen LogP contribution < -0.4 is 25.2 Å². The minimum atomic E-state index is -0.687. The second-order valence-corrected chi connectivity index (χ2v) is 8.84. The second kappa shape index (κ2) is 11.1. The van der Waals surface area contributed by atoms with Crippen LogP contribution in [0.3, 0.4) is 0 Å². The number of ketones is 1. The minimum Gasteiger partial charge on any atom is -0.494 e. The summed E-state index contributed by atoms with van der Waals surface area (Å²) in [5, 5.41) is 5.96. The summed E-state index contributed by atoms with van der Waals surface area (Å²) in [6.45, 7) is 5.05. The van der Waals surface area contributed by atoms with Gasteiger partial charge in [-0.15, -0.1) is 0 Å². The SMILES string of the molecule is C=CC(=O)Nc1cc(Nc2nccc(N3C(=O)C(=O)c4ccccc43)n2)c(OC)cc1N(C)CCN(C)C. The van der Waals surface area contributed by atoms with E-state index in [1.54, 1.807) is 42.5 Å². The molecule has 11 heteroatoms. The van der Waals surface area contributed by atoms with Crippen molar-refractivity contribution in [2.45, 2.75) is 0 Å². The van der Waals surface area contributed by atoms with Crippen molar-refractivity contribution in [3.63, 3.8) is 0 Å². The first-order valence-corrected chi connectivity index (χ1v) is 11.8. The third kappa shape index (κ3) is 5.32. The first kappa shape index (κ1) is 26.3. The van der Waals surface area contributed by atoms with Crippen LogP contribution in [0.5, 0.6) is 5.75 Å². The standard InChI is InChI=1S/C27H29N7O4/c1-6-24(35)29-18-15-19(22(38-5)16-21(18)33(4)14-13-32(2)3)30-27-28-12-11-23(31-27)34-20-10-8-7-9-17(20)25(36)26(34)37/h6-12,15-16H,1,13-14H2,2-5H3,(H,29,35)(H,28,30,31). The number of Topliss-reactive ketones (excluding diaryl/α,β-unsaturated/α-hetero) is 1. The van der Waals surface area contributed by atoms with Crippen LogP contribution >= 0.6 is 0 Å². The Balaban J connectivity index is 1.69. The number of nitrogens with one attached hydrogen (secondary N) is 2. The molecule has 196 valence electrons. The molecule has 1 aromatic heterocycles. The van der Waals surface area contributed by atoms with E-state index in [2.05, 4.69) is 32.1 Å². The number of benzene rings is 2. The van der Waals surface area contributed by atoms with Crippen LogP contribution in [0.1, 0.15) is 10.4 Å². The second-order valence-electron chi connectivity index (χ2n) is 8.84. The molecule has 2 amide bonds. The fourth-order valence-corrected chi connectivity index (χ4v) is 3.97. The molecule has 2 heterocycles. The molecule has 0 radical (unpaired) electrons. The molecule has 3 aromatic rings. The Morgan fingerprint density at radius 2 is 1.87 bits per heavy atom. The zero-order valence-corrected chi connectivity index (χ0v) is 21.7. The molecule has 0 aliphatic carbocycles. The normalized spacial score (nSPS) is 12.4. The van der Waals surface area contributed by atoms with Gasteiger partial charge in [0.1, 0.15) is 11.6 Å². The van der Waals surface area contributed by atoms with Gasteiger partial charge >= 0.3 is 5.91 Å². The van der Waals surface area contributed by atoms with Crippen LogP contribution in [0.25, 0.3) is 0 Å². The van der Waals surface area contributed by atoms with Crippen molar-refractivity contribution in [3.05, 3.63) is 66.9 Å². The maximum absolute atomic E-state index is 12.7. The van der Waals surface area contributed by atoms with E-state index < -0.39 is 11.7 Å². The van der Waals surface area contributed by atoms with Crippen LogP contribution in [0, 0.1) is 0 Å². The molecular formula is C27H29N7O4. The summed E-state index contributed by atoms with van der Waals surface area (Å²) in [5.41, 5.74) is 2.55. The highest BCUT2D eigenvalue weighted by molar-refractivity contribution is 6.53. The fourth-order valence-electron chi connectivity index (χ4n) is 3.97. The van der Waals surface area contributed by atoms with Crippen LogP contribution in [0.15, 0.2) is 61.3 Å². The number of rotatable bonds is 10. The Bertz CT molecular complexity index is 1410. The number of carbonyl (C=O) groups excluding carboxylic acids is 3. The maximum Gasteiger partial charge on any atom is 0.305 e. The molecular weight excluding hydrogens is 486 g/mol. The average molecular weight is 516 g/mol. The van der Waals surface area contributed by atoms with Gasteiger partial charge < -0.3 is 25.2 Å². The van der Waals surface area contributed by atoms with Gasteiger partial charge in [-0.1, -0.05) is 18.7 Å². The predicted octanol–water partition coefficient (Wildman–Crippen LogP) is 3.21. The molecule has 0 unspecified atom stereocenters. The molecule has 2 N–H and O–H groups in total. The number of nitrogens with zero attached hydrogens (tertiary/aromatic N) is 5. The summed E-state index contributed by atoms with van der Waals surface area (Å²) in [5.74, 6) is -0.748. The van der Waals surface area contributed by atoms with Crippen molar-refractivity contribution in [2.24, 2.45) is 0 Å². The van der Waals surface area contributed by atoms with Crippen molar-refractivity contribution >= 4 is 52.1 Å². The molecule has 0 atom stereocenters. The third-order valence-electron chi connectivity index (χ3n) is 5.96. The maximum atomic E-state index is 12.7. The summed E-state index contributed by atoms with van der Waals surface area (Å²) in [4.78, 5) is 51.5. The van der Waals surface area contributed by atoms with Crippen molar-refractivity contribution in [2.75, 3.05) is 61.8 Å². The smallest absolute Gasteiger partial charge is 0.305 e. The molecule has 0 bridgehead atoms. The summed E-state index contributed by atoms with van der Waals surface area (Å²) < 4.78 is 5.63. The number of hydrogen-bond acceptors (Lipinski definition) is 9. The number of hydrogen-bond donors (Lipinski definition) is 2. The highest BCUT2D eigenvalue weighted by Crippen LogP contribution is 2.39. The first-order chi connectivity index (χ1) is 18.2. The number of para-hydroxylation sites is 1. The number of likely N-dealkylation sites (N-methyl/N-ethyl adjacent to an activating group) is 2. The topological polar surface area (TPSA) is 120 Å². The Labute approximate surface area is 220 Å². The van der Waals surface area contributed by atoms with E-state index in [4.69, 9.17) is 4.74 Å². The molecule has 0 fully saturated rings. The Hall–Kier alpha value is -4.77. The monoisotopic (exact) mass is 515 g/mol. The van der Waals surface area contributed by atoms with Gasteiger partial charge in [0.25, 0.3) is 5.78 Å². The number of carbonyl (C=O) groups is 3. The summed E-state index contributed by atoms with van der Waals surface area (Å²) >= 11 is 0. The lowest BCUT2D eigenvalue weighted by atomic mass is 10.1. The van der Waals surface area contributed by atoms with E-state index in [1.165, 1.54) is 24.3 Å². The van der Waals surface area contributed by atoms with Crippen LogP contribution in [0.2, 0.25) is 0 Å². The lowest BCUT2D eigenvalue weighted by Crippen LogP contribution is -2.29. The highest BCUT2D eigenvalue weighted by atomic mass is 16.5. The van der Waals surface area contributed by atoms with Crippen molar-refractivity contribution in [3.8, 4) is 5.75 Å². The quantitative estimate of drug-likeness (QED) is 0.310. The van der Waals surface area contributed by atoms with Gasteiger partial charge in [-0.25, -0.2) is 4.98 Å². The van der Waals surface area contributed by atoms with E-state index in [0.717, 1.165) is 12.2 Å². The van der Waals surface area contributed by atoms with Gasteiger partial charge in [0.15, 0.2) is 0 Å². The molecule has 4 rings (SSSR count). The van der Waals surface area contributed by atoms with Crippen LogP contribution in [-0.2, 0) is 9.59 Å². The van der Waals surface area contributed by atoms with E-state index in [1.807, 2.05) is 26.0 Å². The first-order valence-electron chi connectivity index (χ1n) is 11.8. The number of aromatic nitrogens is 2. The van der Waals surface area contributed by atoms with Crippen LogP contribution in [-0.4, -0.2) is 73.8 Å². The summed E-state index contributed by atoms with van der Waals surface area (Å²) in [6.07, 6.45) is 2.68. The molecule has 2 aromatic carbocycles. The zero-order chi connectivity index (χ0) is 27.4. The van der Waals surface area contributed by atoms with Crippen molar-refractivity contribution in [1.82, 2.24) is 14.9 Å². The molecule has 1 aliphatic heterocycles. The lowest BCUT2D eigenvalue weighted by Gasteiger charge is -2.26. The largest absolute Gasteiger partial charge is 0.494 e. The Morgan fingerprint density at radius 3 is 2.58 bits per heavy atom. The molecule has 0 spiro atoms. The molecule has 11 nitrogen and oxygen atoms in total. The summed E-state index contributed by atoms with van der Waals surface area (Å²) in [6, 6.07) is 11.8. The Morgan fingerprint density at radius 1 is 1.11 bits per heavy atom. The van der Waals surface area contributed by atoms with Gasteiger partial charge in [0.2, 0.25) is 11.9 Å². The highest BCUT2D eigenvalue weighted by Gasteiger charge is 2.37. The van der Waals surface area contributed by atoms with Crippen LogP contribution in [0.4, 0.5) is 34.5 Å². The lowest BCUT2D eigenvalue weighted by molar-refractivity contribution is -0.113. The van der Waals surface area contributed by atoms with E-state index >= 15 is 0 Å². The molecule has 0 saturated heterocycles. The number of anilines is 6. The van der Waals surface area contributed by atoms with Gasteiger partial charge in [0.05, 0.1) is 35.4 Å². The number of ether oxygens (including phenoxy) is 1. The number of fused-ring (bicyclic) bond motifs is 1. The van der Waals surface area contributed by atoms with Gasteiger partial charge in [-0.05, 0) is 38.4 Å². The van der Waals surface area contributed by atoms with E-state index in [9.17, 15) is 14.4 Å². The van der Waals surface area contributed by atoms with E-state index in [-0.39, 0.29) is 17.7 Å². The predicted molar refractivity (Wildman–Crippen MR) is 147 cm³/mol. The molecule has 1 aliphatic rings. The Kier molecular flexibility index (Phi) is 7.68. The molecule has 38 heavy (non-hydrogen) atoms. The number of amides is 2. The van der Waals surface area contributed by atoms with Gasteiger partial charge in [0, 0.05) is 38.5 Å². The summed E-state index contributed by atoms with van der Waals surface area (Å²) in [7, 11) is 7.43. The van der Waals surface area contributed by atoms with Crippen molar-refractivity contribution < 1.29 is 19.1 Å². The van der Waals surface area contributed by atoms with Crippen molar-refractivity contribution in [1.29, 1.82) is 0 Å².